The molecular formula is C14H20ClNO3. The maximum Gasteiger partial charge on any atom is 0.408 e. The van der Waals surface area contributed by atoms with Crippen LogP contribution in [0.3, 0.4) is 0 Å². The van der Waals surface area contributed by atoms with Gasteiger partial charge in [0.05, 0.1) is 6.04 Å². The molecule has 1 aromatic carbocycles. The van der Waals surface area contributed by atoms with Crippen LogP contribution in [-0.2, 0) is 0 Å². The van der Waals surface area contributed by atoms with Crippen LogP contribution in [0.4, 0.5) is 4.79 Å². The van der Waals surface area contributed by atoms with Gasteiger partial charge < -0.3 is 10.2 Å². The lowest BCUT2D eigenvalue weighted by molar-refractivity contribution is 0.0142. The summed E-state index contributed by atoms with van der Waals surface area (Å²) in [5.74, 6) is 0. The molecule has 1 amide bonds. The number of aliphatic hydroxyl groups is 1. The SMILES string of the molecule is C[C@@H]([C@H](O)c1ccccc1Cl)N(C(=O)O)C(C)(C)C. The summed E-state index contributed by atoms with van der Waals surface area (Å²) in [5, 5.41) is 20.1. The summed E-state index contributed by atoms with van der Waals surface area (Å²) < 4.78 is 0. The molecule has 0 heterocycles. The van der Waals surface area contributed by atoms with Crippen molar-refractivity contribution in [2.75, 3.05) is 0 Å². The van der Waals surface area contributed by atoms with E-state index in [-0.39, 0.29) is 0 Å². The lowest BCUT2D eigenvalue weighted by Gasteiger charge is -2.40. The zero-order chi connectivity index (χ0) is 14.8. The van der Waals surface area contributed by atoms with Gasteiger partial charge in [0, 0.05) is 16.1 Å². The molecule has 2 N–H and O–H groups in total. The third-order valence-corrected chi connectivity index (χ3v) is 3.36. The second kappa shape index (κ2) is 5.80. The van der Waals surface area contributed by atoms with E-state index in [2.05, 4.69) is 0 Å². The van der Waals surface area contributed by atoms with Gasteiger partial charge in [-0.15, -0.1) is 0 Å². The Morgan fingerprint density at radius 3 is 2.26 bits per heavy atom. The predicted molar refractivity (Wildman–Crippen MR) is 75.5 cm³/mol. The average Bonchev–Trinajstić information content (AvgIpc) is 2.26. The minimum absolute atomic E-state index is 0.432. The van der Waals surface area contributed by atoms with Crippen molar-refractivity contribution in [3.05, 3.63) is 34.9 Å². The highest BCUT2D eigenvalue weighted by atomic mass is 35.5. The highest BCUT2D eigenvalue weighted by Gasteiger charge is 2.35. The third-order valence-electron chi connectivity index (χ3n) is 3.02. The molecule has 0 aliphatic rings. The van der Waals surface area contributed by atoms with Gasteiger partial charge in [0.15, 0.2) is 0 Å². The van der Waals surface area contributed by atoms with Gasteiger partial charge in [-0.2, -0.15) is 0 Å². The molecule has 4 nitrogen and oxygen atoms in total. The minimum Gasteiger partial charge on any atom is -0.465 e. The van der Waals surface area contributed by atoms with E-state index in [1.54, 1.807) is 52.0 Å². The molecule has 0 bridgehead atoms. The van der Waals surface area contributed by atoms with Crippen LogP contribution < -0.4 is 0 Å². The van der Waals surface area contributed by atoms with Crippen LogP contribution in [0.2, 0.25) is 5.02 Å². The standard InChI is InChI=1S/C14H20ClNO3/c1-9(16(13(18)19)14(2,3)4)12(17)10-7-5-6-8-11(10)15/h5-9,12,17H,1-4H3,(H,18,19)/t9-,12-/m0/s1. The monoisotopic (exact) mass is 285 g/mol. The summed E-state index contributed by atoms with van der Waals surface area (Å²) >= 11 is 6.04. The van der Waals surface area contributed by atoms with Crippen LogP contribution in [0.1, 0.15) is 39.4 Å². The summed E-state index contributed by atoms with van der Waals surface area (Å²) in [6, 6.07) is 6.31. The van der Waals surface area contributed by atoms with E-state index in [4.69, 9.17) is 11.6 Å². The van der Waals surface area contributed by atoms with Crippen LogP contribution in [0, 0.1) is 0 Å². The van der Waals surface area contributed by atoms with Gasteiger partial charge in [0.1, 0.15) is 6.10 Å². The molecule has 1 rings (SSSR count). The first-order valence-corrected chi connectivity index (χ1v) is 6.48. The van der Waals surface area contributed by atoms with E-state index in [0.29, 0.717) is 10.6 Å². The first-order valence-electron chi connectivity index (χ1n) is 6.11. The molecule has 0 aromatic heterocycles. The quantitative estimate of drug-likeness (QED) is 0.893. The highest BCUT2D eigenvalue weighted by Crippen LogP contribution is 2.30. The summed E-state index contributed by atoms with van der Waals surface area (Å²) in [5.41, 5.74) is -0.0693. The fourth-order valence-electron chi connectivity index (χ4n) is 2.19. The van der Waals surface area contributed by atoms with Crippen LogP contribution in [0.5, 0.6) is 0 Å². The Hall–Kier alpha value is -1.26. The first kappa shape index (κ1) is 15.8. The fraction of sp³-hybridized carbons (Fsp3) is 0.500. The van der Waals surface area contributed by atoms with Crippen LogP contribution in [0.25, 0.3) is 0 Å². The molecule has 0 aliphatic carbocycles. The molecule has 0 saturated carbocycles. The van der Waals surface area contributed by atoms with Crippen molar-refractivity contribution in [3.63, 3.8) is 0 Å². The fourth-order valence-corrected chi connectivity index (χ4v) is 2.44. The largest absolute Gasteiger partial charge is 0.465 e. The molecule has 0 spiro atoms. The third kappa shape index (κ3) is 3.61. The molecule has 0 unspecified atom stereocenters. The molecule has 2 atom stereocenters. The van der Waals surface area contributed by atoms with Gasteiger partial charge in [0.25, 0.3) is 0 Å². The zero-order valence-corrected chi connectivity index (χ0v) is 12.3. The maximum absolute atomic E-state index is 11.4. The van der Waals surface area contributed by atoms with Crippen molar-refractivity contribution >= 4 is 17.7 Å². The van der Waals surface area contributed by atoms with Crippen molar-refractivity contribution in [1.29, 1.82) is 0 Å². The number of hydrogen-bond acceptors (Lipinski definition) is 2. The molecule has 0 saturated heterocycles. The second-order valence-corrected chi connectivity index (χ2v) is 5.94. The molecule has 5 heteroatoms. The van der Waals surface area contributed by atoms with E-state index in [9.17, 15) is 15.0 Å². The molecule has 0 fully saturated rings. The van der Waals surface area contributed by atoms with Crippen molar-refractivity contribution in [2.24, 2.45) is 0 Å². The number of amides is 1. The number of carboxylic acid groups (broad SMARTS) is 1. The van der Waals surface area contributed by atoms with Gasteiger partial charge in [-0.3, -0.25) is 4.90 Å². The number of benzene rings is 1. The maximum atomic E-state index is 11.4. The molecule has 0 aliphatic heterocycles. The Morgan fingerprint density at radius 2 is 1.84 bits per heavy atom. The molecular weight excluding hydrogens is 266 g/mol. The molecule has 1 aromatic rings. The molecule has 19 heavy (non-hydrogen) atoms. The van der Waals surface area contributed by atoms with Crippen molar-refractivity contribution in [1.82, 2.24) is 4.90 Å². The lowest BCUT2D eigenvalue weighted by atomic mass is 9.97. The minimum atomic E-state index is -1.06. The number of rotatable bonds is 3. The van der Waals surface area contributed by atoms with Crippen molar-refractivity contribution < 1.29 is 15.0 Å². The van der Waals surface area contributed by atoms with E-state index in [0.717, 1.165) is 0 Å². The topological polar surface area (TPSA) is 60.8 Å². The van der Waals surface area contributed by atoms with Gasteiger partial charge in [-0.05, 0) is 33.8 Å². The first-order chi connectivity index (χ1) is 8.66. The van der Waals surface area contributed by atoms with Gasteiger partial charge in [0.2, 0.25) is 0 Å². The number of hydrogen-bond donors (Lipinski definition) is 2. The molecule has 106 valence electrons. The normalized spacial score (nSPS) is 14.8. The van der Waals surface area contributed by atoms with Crippen LogP contribution in [0.15, 0.2) is 24.3 Å². The van der Waals surface area contributed by atoms with Gasteiger partial charge in [-0.1, -0.05) is 29.8 Å². The number of aliphatic hydroxyl groups excluding tert-OH is 1. The van der Waals surface area contributed by atoms with E-state index < -0.39 is 23.8 Å². The summed E-state index contributed by atoms with van der Waals surface area (Å²) in [6.07, 6.45) is -2.03. The van der Waals surface area contributed by atoms with E-state index in [1.807, 2.05) is 0 Å². The highest BCUT2D eigenvalue weighted by molar-refractivity contribution is 6.31. The number of halogens is 1. The van der Waals surface area contributed by atoms with Crippen LogP contribution >= 0.6 is 11.6 Å². The van der Waals surface area contributed by atoms with E-state index in [1.165, 1.54) is 4.90 Å². The second-order valence-electron chi connectivity index (χ2n) is 5.53. The number of carbonyl (C=O) groups is 1. The Kier molecular flexibility index (Phi) is 4.82. The van der Waals surface area contributed by atoms with Gasteiger partial charge >= 0.3 is 6.09 Å². The van der Waals surface area contributed by atoms with Crippen LogP contribution in [-0.4, -0.2) is 32.8 Å². The molecule has 0 radical (unpaired) electrons. The summed E-state index contributed by atoms with van der Waals surface area (Å²) in [7, 11) is 0. The van der Waals surface area contributed by atoms with Crippen molar-refractivity contribution in [3.8, 4) is 0 Å². The lowest BCUT2D eigenvalue weighted by Crippen LogP contribution is -2.52. The average molecular weight is 286 g/mol. The van der Waals surface area contributed by atoms with E-state index >= 15 is 0 Å². The Bertz CT molecular complexity index is 456. The predicted octanol–water partition coefficient (Wildman–Crippen LogP) is 3.54. The smallest absolute Gasteiger partial charge is 0.408 e. The Labute approximate surface area is 118 Å². The Balaban J connectivity index is 3.08. The van der Waals surface area contributed by atoms with Crippen molar-refractivity contribution in [2.45, 2.75) is 45.4 Å². The van der Waals surface area contributed by atoms with Gasteiger partial charge in [-0.25, -0.2) is 4.79 Å². The summed E-state index contributed by atoms with van der Waals surface area (Å²) in [6.45, 7) is 7.04. The number of nitrogens with zero attached hydrogens (tertiary/aromatic N) is 1. The Morgan fingerprint density at radius 1 is 1.32 bits per heavy atom. The summed E-state index contributed by atoms with van der Waals surface area (Å²) in [4.78, 5) is 12.6. The zero-order valence-electron chi connectivity index (χ0n) is 11.6.